The molecule has 0 aliphatic carbocycles. The molecule has 0 radical (unpaired) electrons. The Morgan fingerprint density at radius 2 is 0.679 bits per heavy atom. The number of hydrogen-bond acceptors (Lipinski definition) is 5. The SMILES string of the molecule is CCCCCCCCC(CCCCCC)COC(=O)CCCCCC(CCCCCC(=O)OCC(CCCCCC)CCCCCCCC)NCCC. The molecule has 0 bridgehead atoms. The maximum absolute atomic E-state index is 12.6. The maximum atomic E-state index is 12.6. The molecule has 0 saturated heterocycles. The first-order valence-electron chi connectivity index (χ1n) is 24.0. The van der Waals surface area contributed by atoms with Crippen LogP contribution in [0.1, 0.15) is 259 Å². The summed E-state index contributed by atoms with van der Waals surface area (Å²) >= 11 is 0. The number of nitrogens with one attached hydrogen (secondary N) is 1. The van der Waals surface area contributed by atoms with Gasteiger partial charge in [0.15, 0.2) is 0 Å². The van der Waals surface area contributed by atoms with E-state index in [4.69, 9.17) is 9.47 Å². The van der Waals surface area contributed by atoms with Gasteiger partial charge >= 0.3 is 11.9 Å². The maximum Gasteiger partial charge on any atom is 0.305 e. The molecule has 0 fully saturated rings. The third kappa shape index (κ3) is 37.6. The van der Waals surface area contributed by atoms with Gasteiger partial charge in [0.25, 0.3) is 0 Å². The van der Waals surface area contributed by atoms with Crippen LogP contribution in [0.15, 0.2) is 0 Å². The Bertz CT molecular complexity index is 700. The zero-order valence-corrected chi connectivity index (χ0v) is 36.7. The Balaban J connectivity index is 4.31. The van der Waals surface area contributed by atoms with Crippen molar-refractivity contribution >= 4 is 11.9 Å². The molecule has 0 aliphatic heterocycles. The molecule has 0 saturated carbocycles. The summed E-state index contributed by atoms with van der Waals surface area (Å²) in [6.07, 6.45) is 42.0. The highest BCUT2D eigenvalue weighted by Crippen LogP contribution is 2.22. The van der Waals surface area contributed by atoms with Crippen molar-refractivity contribution in [2.24, 2.45) is 11.8 Å². The molecule has 2 atom stereocenters. The standard InChI is InChI=1S/C48H95NO4/c1-6-11-15-19-21-27-35-44(33-25-17-13-8-3)42-52-47(50)39-31-23-29-37-46(49-41-10-5)38-30-24-32-40-48(51)53-43-45(34-26-18-14-9-4)36-28-22-20-16-12-7-2/h44-46,49H,6-43H2,1-5H3. The number of carbonyl (C=O) groups excluding carboxylic acids is 2. The third-order valence-electron chi connectivity index (χ3n) is 11.4. The molecule has 0 amide bonds. The van der Waals surface area contributed by atoms with Crippen LogP contribution in [0.25, 0.3) is 0 Å². The number of rotatable bonds is 43. The predicted molar refractivity (Wildman–Crippen MR) is 231 cm³/mol. The molecule has 0 spiro atoms. The summed E-state index contributed by atoms with van der Waals surface area (Å²) in [4.78, 5) is 25.2. The van der Waals surface area contributed by atoms with Crippen LogP contribution >= 0.6 is 0 Å². The monoisotopic (exact) mass is 750 g/mol. The molecule has 0 rings (SSSR count). The molecule has 5 nitrogen and oxygen atoms in total. The summed E-state index contributed by atoms with van der Waals surface area (Å²) in [6, 6.07) is 0.528. The van der Waals surface area contributed by atoms with Gasteiger partial charge in [0.05, 0.1) is 13.2 Å². The van der Waals surface area contributed by atoms with Crippen molar-refractivity contribution in [2.45, 2.75) is 265 Å². The van der Waals surface area contributed by atoms with Gasteiger partial charge in [-0.25, -0.2) is 0 Å². The van der Waals surface area contributed by atoms with Crippen LogP contribution in [0.4, 0.5) is 0 Å². The van der Waals surface area contributed by atoms with Crippen molar-refractivity contribution in [3.8, 4) is 0 Å². The van der Waals surface area contributed by atoms with Crippen LogP contribution in [-0.2, 0) is 19.1 Å². The molecule has 316 valence electrons. The van der Waals surface area contributed by atoms with Crippen molar-refractivity contribution < 1.29 is 19.1 Å². The minimum atomic E-state index is 0.00554. The highest BCUT2D eigenvalue weighted by molar-refractivity contribution is 5.69. The summed E-state index contributed by atoms with van der Waals surface area (Å²) in [6.45, 7) is 13.6. The summed E-state index contributed by atoms with van der Waals surface area (Å²) in [5.41, 5.74) is 0. The first-order valence-corrected chi connectivity index (χ1v) is 24.0. The van der Waals surface area contributed by atoms with E-state index in [1.807, 2.05) is 0 Å². The third-order valence-corrected chi connectivity index (χ3v) is 11.4. The Morgan fingerprint density at radius 3 is 1.04 bits per heavy atom. The summed E-state index contributed by atoms with van der Waals surface area (Å²) in [7, 11) is 0. The van der Waals surface area contributed by atoms with Gasteiger partial charge in [-0.1, -0.05) is 189 Å². The number of hydrogen-bond donors (Lipinski definition) is 1. The van der Waals surface area contributed by atoms with Gasteiger partial charge < -0.3 is 14.8 Å². The Kier molecular flexibility index (Phi) is 41.2. The molecule has 0 aromatic heterocycles. The van der Waals surface area contributed by atoms with Gasteiger partial charge in [0.1, 0.15) is 0 Å². The van der Waals surface area contributed by atoms with E-state index in [9.17, 15) is 9.59 Å². The fraction of sp³-hybridized carbons (Fsp3) is 0.958. The van der Waals surface area contributed by atoms with Gasteiger partial charge in [-0.3, -0.25) is 9.59 Å². The Morgan fingerprint density at radius 1 is 0.377 bits per heavy atom. The molecular formula is C48H95NO4. The van der Waals surface area contributed by atoms with Crippen LogP contribution in [0, 0.1) is 11.8 Å². The lowest BCUT2D eigenvalue weighted by atomic mass is 9.95. The molecule has 0 aromatic carbocycles. The van der Waals surface area contributed by atoms with Crippen molar-refractivity contribution in [1.29, 1.82) is 0 Å². The van der Waals surface area contributed by atoms with Gasteiger partial charge in [0, 0.05) is 18.9 Å². The quantitative estimate of drug-likeness (QED) is 0.0497. The van der Waals surface area contributed by atoms with E-state index in [2.05, 4.69) is 39.9 Å². The first kappa shape index (κ1) is 51.9. The second kappa shape index (κ2) is 42.1. The van der Waals surface area contributed by atoms with Gasteiger partial charge in [-0.05, 0) is 76.2 Å². The van der Waals surface area contributed by atoms with Crippen molar-refractivity contribution in [3.05, 3.63) is 0 Å². The zero-order chi connectivity index (χ0) is 38.9. The lowest BCUT2D eigenvalue weighted by Crippen LogP contribution is -2.29. The Hall–Kier alpha value is -1.10. The van der Waals surface area contributed by atoms with Crippen molar-refractivity contribution in [1.82, 2.24) is 5.32 Å². The minimum absolute atomic E-state index is 0.00554. The molecular weight excluding hydrogens is 655 g/mol. The van der Waals surface area contributed by atoms with E-state index in [1.165, 1.54) is 154 Å². The number of esters is 2. The zero-order valence-electron chi connectivity index (χ0n) is 36.7. The largest absolute Gasteiger partial charge is 0.465 e. The van der Waals surface area contributed by atoms with Gasteiger partial charge in [-0.2, -0.15) is 0 Å². The lowest BCUT2D eigenvalue weighted by Gasteiger charge is -2.19. The molecule has 5 heteroatoms. The average molecular weight is 750 g/mol. The van der Waals surface area contributed by atoms with E-state index in [0.29, 0.717) is 43.9 Å². The molecule has 1 N–H and O–H groups in total. The highest BCUT2D eigenvalue weighted by Gasteiger charge is 2.15. The molecule has 0 aromatic rings. The second-order valence-corrected chi connectivity index (χ2v) is 16.8. The number of unbranched alkanes of at least 4 members (excludes halogenated alkanes) is 20. The van der Waals surface area contributed by atoms with Crippen LogP contribution in [0.5, 0.6) is 0 Å². The van der Waals surface area contributed by atoms with Crippen LogP contribution in [-0.4, -0.2) is 37.7 Å². The van der Waals surface area contributed by atoms with E-state index in [0.717, 1.165) is 64.3 Å². The highest BCUT2D eigenvalue weighted by atomic mass is 16.5. The van der Waals surface area contributed by atoms with Gasteiger partial charge in [0.2, 0.25) is 0 Å². The molecule has 2 unspecified atom stereocenters. The molecule has 0 aliphatic rings. The second-order valence-electron chi connectivity index (χ2n) is 16.8. The smallest absolute Gasteiger partial charge is 0.305 e. The summed E-state index contributed by atoms with van der Waals surface area (Å²) < 4.78 is 11.7. The topological polar surface area (TPSA) is 64.6 Å². The minimum Gasteiger partial charge on any atom is -0.465 e. The summed E-state index contributed by atoms with van der Waals surface area (Å²) in [5.74, 6) is 1.09. The van der Waals surface area contributed by atoms with Crippen LogP contribution in [0.3, 0.4) is 0 Å². The molecule has 0 heterocycles. The molecule has 53 heavy (non-hydrogen) atoms. The van der Waals surface area contributed by atoms with E-state index < -0.39 is 0 Å². The van der Waals surface area contributed by atoms with Crippen LogP contribution in [0.2, 0.25) is 0 Å². The lowest BCUT2D eigenvalue weighted by molar-refractivity contribution is -0.146. The van der Waals surface area contributed by atoms with E-state index in [1.54, 1.807) is 0 Å². The first-order chi connectivity index (χ1) is 26.0. The van der Waals surface area contributed by atoms with E-state index >= 15 is 0 Å². The fourth-order valence-electron chi connectivity index (χ4n) is 7.70. The van der Waals surface area contributed by atoms with Crippen molar-refractivity contribution in [3.63, 3.8) is 0 Å². The van der Waals surface area contributed by atoms with E-state index in [-0.39, 0.29) is 11.9 Å². The number of ether oxygens (including phenoxy) is 2. The number of carbonyl (C=O) groups is 2. The summed E-state index contributed by atoms with van der Waals surface area (Å²) in [5, 5.41) is 3.76. The van der Waals surface area contributed by atoms with Crippen molar-refractivity contribution in [2.75, 3.05) is 19.8 Å². The Labute approximate surface area is 332 Å². The fourth-order valence-corrected chi connectivity index (χ4v) is 7.70. The average Bonchev–Trinajstić information content (AvgIpc) is 3.16. The van der Waals surface area contributed by atoms with Crippen LogP contribution < -0.4 is 5.32 Å². The van der Waals surface area contributed by atoms with Gasteiger partial charge in [-0.15, -0.1) is 0 Å². The normalized spacial score (nSPS) is 13.2. The predicted octanol–water partition coefficient (Wildman–Crippen LogP) is 15.0.